The van der Waals surface area contributed by atoms with Crippen LogP contribution in [0, 0.1) is 18.3 Å². The predicted octanol–water partition coefficient (Wildman–Crippen LogP) is 3.84. The van der Waals surface area contributed by atoms with Crippen molar-refractivity contribution in [2.75, 3.05) is 0 Å². The van der Waals surface area contributed by atoms with Gasteiger partial charge in [-0.15, -0.1) is 0 Å². The molecule has 0 amide bonds. The highest BCUT2D eigenvalue weighted by Gasteiger charge is 2.15. The molecule has 4 nitrogen and oxygen atoms in total. The van der Waals surface area contributed by atoms with Gasteiger partial charge in [0.1, 0.15) is 11.6 Å². The second-order valence-electron chi connectivity index (χ2n) is 6.74. The maximum Gasteiger partial charge on any atom is 0.266 e. The zero-order valence-corrected chi connectivity index (χ0v) is 15.1. The van der Waals surface area contributed by atoms with Gasteiger partial charge in [-0.2, -0.15) is 5.26 Å². The number of nitriles is 1. The van der Waals surface area contributed by atoms with Gasteiger partial charge in [-0.3, -0.25) is 9.69 Å². The Kier molecular flexibility index (Phi) is 5.58. The zero-order valence-electron chi connectivity index (χ0n) is 15.1. The van der Waals surface area contributed by atoms with Crippen molar-refractivity contribution in [3.63, 3.8) is 0 Å². The minimum absolute atomic E-state index is 0.169. The van der Waals surface area contributed by atoms with Crippen LogP contribution in [0.2, 0.25) is 0 Å². The van der Waals surface area contributed by atoms with Crippen LogP contribution >= 0.6 is 0 Å². The number of nitrogens with zero attached hydrogens (tertiary/aromatic N) is 2. The molecule has 0 radical (unpaired) electrons. The van der Waals surface area contributed by atoms with Crippen LogP contribution in [0.15, 0.2) is 35.1 Å². The van der Waals surface area contributed by atoms with Gasteiger partial charge in [0.2, 0.25) is 0 Å². The predicted molar refractivity (Wildman–Crippen MR) is 97.8 cm³/mol. The average molecular weight is 323 g/mol. The molecule has 0 fully saturated rings. The van der Waals surface area contributed by atoms with Gasteiger partial charge in [-0.1, -0.05) is 18.2 Å². The molecule has 1 heterocycles. The van der Waals surface area contributed by atoms with Gasteiger partial charge in [-0.25, -0.2) is 0 Å². The minimum atomic E-state index is -0.330. The lowest BCUT2D eigenvalue weighted by Crippen LogP contribution is -2.36. The summed E-state index contributed by atoms with van der Waals surface area (Å²) in [7, 11) is 0. The SMILES string of the molecule is Cc1cc(-c2cccc(CN(C(C)C)C(C)C)c2)c(C#N)c(=O)[nH]1. The lowest BCUT2D eigenvalue weighted by molar-refractivity contribution is 0.166. The average Bonchev–Trinajstić information content (AvgIpc) is 2.51. The smallest absolute Gasteiger partial charge is 0.266 e. The van der Waals surface area contributed by atoms with Crippen LogP contribution in [0.5, 0.6) is 0 Å². The Bertz CT molecular complexity index is 804. The van der Waals surface area contributed by atoms with Crippen LogP contribution in [-0.4, -0.2) is 22.0 Å². The van der Waals surface area contributed by atoms with Crippen molar-refractivity contribution in [2.45, 2.75) is 53.2 Å². The Morgan fingerprint density at radius 3 is 2.42 bits per heavy atom. The third-order valence-corrected chi connectivity index (χ3v) is 4.21. The van der Waals surface area contributed by atoms with Crippen molar-refractivity contribution in [3.8, 4) is 17.2 Å². The van der Waals surface area contributed by atoms with E-state index in [1.54, 1.807) is 0 Å². The zero-order chi connectivity index (χ0) is 17.9. The summed E-state index contributed by atoms with van der Waals surface area (Å²) in [5, 5.41) is 9.33. The van der Waals surface area contributed by atoms with Gasteiger partial charge in [0.15, 0.2) is 0 Å². The molecule has 126 valence electrons. The van der Waals surface area contributed by atoms with Gasteiger partial charge >= 0.3 is 0 Å². The van der Waals surface area contributed by atoms with E-state index in [1.807, 2.05) is 31.2 Å². The maximum atomic E-state index is 12.0. The second kappa shape index (κ2) is 7.46. The first-order valence-electron chi connectivity index (χ1n) is 8.32. The Morgan fingerprint density at radius 2 is 1.83 bits per heavy atom. The van der Waals surface area contributed by atoms with Crippen LogP contribution in [0.25, 0.3) is 11.1 Å². The summed E-state index contributed by atoms with van der Waals surface area (Å²) in [6.45, 7) is 11.4. The van der Waals surface area contributed by atoms with Crippen molar-refractivity contribution in [1.82, 2.24) is 9.88 Å². The summed E-state index contributed by atoms with van der Waals surface area (Å²) in [4.78, 5) is 17.1. The van der Waals surface area contributed by atoms with E-state index in [0.717, 1.165) is 17.8 Å². The number of aromatic nitrogens is 1. The molecule has 2 rings (SSSR count). The molecular weight excluding hydrogens is 298 g/mol. The molecule has 0 spiro atoms. The maximum absolute atomic E-state index is 12.0. The number of aromatic amines is 1. The molecule has 1 aromatic carbocycles. The summed E-state index contributed by atoms with van der Waals surface area (Å²) in [5.41, 5.74) is 3.38. The summed E-state index contributed by atoms with van der Waals surface area (Å²) >= 11 is 0. The first kappa shape index (κ1) is 18.0. The molecule has 0 aliphatic heterocycles. The van der Waals surface area contributed by atoms with Gasteiger partial charge in [0, 0.05) is 29.9 Å². The fraction of sp³-hybridized carbons (Fsp3) is 0.400. The van der Waals surface area contributed by atoms with Crippen LogP contribution < -0.4 is 5.56 Å². The van der Waals surface area contributed by atoms with Gasteiger partial charge in [-0.05, 0) is 57.9 Å². The van der Waals surface area contributed by atoms with E-state index in [2.05, 4.69) is 49.7 Å². The highest BCUT2D eigenvalue weighted by molar-refractivity contribution is 5.70. The largest absolute Gasteiger partial charge is 0.325 e. The Hall–Kier alpha value is -2.38. The van der Waals surface area contributed by atoms with Crippen LogP contribution in [0.4, 0.5) is 0 Å². The van der Waals surface area contributed by atoms with E-state index in [1.165, 1.54) is 5.56 Å². The minimum Gasteiger partial charge on any atom is -0.325 e. The highest BCUT2D eigenvalue weighted by Crippen LogP contribution is 2.24. The lowest BCUT2D eigenvalue weighted by atomic mass is 9.99. The number of rotatable bonds is 5. The molecule has 4 heteroatoms. The van der Waals surface area contributed by atoms with Gasteiger partial charge < -0.3 is 4.98 Å². The molecule has 0 saturated carbocycles. The van der Waals surface area contributed by atoms with E-state index in [0.29, 0.717) is 17.6 Å². The lowest BCUT2D eigenvalue weighted by Gasteiger charge is -2.30. The molecule has 0 unspecified atom stereocenters. The highest BCUT2D eigenvalue weighted by atomic mass is 16.1. The topological polar surface area (TPSA) is 59.9 Å². The molecule has 0 aliphatic carbocycles. The summed E-state index contributed by atoms with van der Waals surface area (Å²) in [6, 6.07) is 12.9. The number of hydrogen-bond donors (Lipinski definition) is 1. The van der Waals surface area contributed by atoms with E-state index < -0.39 is 0 Å². The first-order chi connectivity index (χ1) is 11.3. The summed E-state index contributed by atoms with van der Waals surface area (Å²) in [5.74, 6) is 0. The molecule has 1 N–H and O–H groups in total. The van der Waals surface area contributed by atoms with Crippen molar-refractivity contribution in [2.24, 2.45) is 0 Å². The normalized spacial score (nSPS) is 11.3. The molecule has 0 saturated heterocycles. The number of nitrogens with one attached hydrogen (secondary N) is 1. The fourth-order valence-electron chi connectivity index (χ4n) is 3.04. The molecule has 24 heavy (non-hydrogen) atoms. The molecule has 0 atom stereocenters. The summed E-state index contributed by atoms with van der Waals surface area (Å²) in [6.07, 6.45) is 0. The third-order valence-electron chi connectivity index (χ3n) is 4.21. The quantitative estimate of drug-likeness (QED) is 0.909. The number of aryl methyl sites for hydroxylation is 1. The molecular formula is C20H25N3O. The third kappa shape index (κ3) is 3.93. The van der Waals surface area contributed by atoms with E-state index in [-0.39, 0.29) is 11.1 Å². The number of pyridine rings is 1. The molecule has 1 aromatic heterocycles. The Labute approximate surface area is 143 Å². The standard InChI is InChI=1S/C20H25N3O/c1-13(2)23(14(3)4)12-16-7-6-8-17(10-16)18-9-15(5)22-20(24)19(18)11-21/h6-10,13-14H,12H2,1-5H3,(H,22,24). The van der Waals surface area contributed by atoms with Gasteiger partial charge in [0.25, 0.3) is 5.56 Å². The van der Waals surface area contributed by atoms with Crippen molar-refractivity contribution in [1.29, 1.82) is 5.26 Å². The van der Waals surface area contributed by atoms with E-state index >= 15 is 0 Å². The fourth-order valence-corrected chi connectivity index (χ4v) is 3.04. The van der Waals surface area contributed by atoms with E-state index in [4.69, 9.17) is 0 Å². The second-order valence-corrected chi connectivity index (χ2v) is 6.74. The molecule has 2 aromatic rings. The van der Waals surface area contributed by atoms with E-state index in [9.17, 15) is 10.1 Å². The van der Waals surface area contributed by atoms with Crippen molar-refractivity contribution in [3.05, 3.63) is 57.5 Å². The number of benzene rings is 1. The monoisotopic (exact) mass is 323 g/mol. The van der Waals surface area contributed by atoms with Crippen LogP contribution in [0.3, 0.4) is 0 Å². The summed E-state index contributed by atoms with van der Waals surface area (Å²) < 4.78 is 0. The number of H-pyrrole nitrogens is 1. The Balaban J connectivity index is 2.46. The molecule has 0 bridgehead atoms. The first-order valence-corrected chi connectivity index (χ1v) is 8.32. The van der Waals surface area contributed by atoms with Crippen molar-refractivity contribution < 1.29 is 0 Å². The Morgan fingerprint density at radius 1 is 1.17 bits per heavy atom. The molecule has 0 aliphatic rings. The number of hydrogen-bond acceptors (Lipinski definition) is 3. The van der Waals surface area contributed by atoms with Gasteiger partial charge in [0.05, 0.1) is 0 Å². The van der Waals surface area contributed by atoms with Crippen LogP contribution in [0.1, 0.15) is 44.5 Å². The van der Waals surface area contributed by atoms with Crippen molar-refractivity contribution >= 4 is 0 Å². The van der Waals surface area contributed by atoms with Crippen LogP contribution in [-0.2, 0) is 6.54 Å².